The fourth-order valence-electron chi connectivity index (χ4n) is 2.76. The minimum absolute atomic E-state index is 0.0486. The van der Waals surface area contributed by atoms with Crippen molar-refractivity contribution >= 4 is 22.4 Å². The van der Waals surface area contributed by atoms with Gasteiger partial charge in [-0.05, 0) is 11.5 Å². The highest BCUT2D eigenvalue weighted by Crippen LogP contribution is 2.29. The van der Waals surface area contributed by atoms with E-state index >= 15 is 0 Å². The van der Waals surface area contributed by atoms with Crippen molar-refractivity contribution in [1.29, 1.82) is 0 Å². The van der Waals surface area contributed by atoms with E-state index in [4.69, 9.17) is 4.74 Å². The molecule has 0 aromatic heterocycles. The van der Waals surface area contributed by atoms with Crippen molar-refractivity contribution in [2.75, 3.05) is 19.0 Å². The van der Waals surface area contributed by atoms with Crippen LogP contribution in [0.25, 0.3) is 10.8 Å². The maximum Gasteiger partial charge on any atom is 0.282 e. The first-order valence-electron chi connectivity index (χ1n) is 6.99. The molecule has 0 unspecified atom stereocenters. The third-order valence-electron chi connectivity index (χ3n) is 3.82. The number of fused-ring (bicyclic) bond motifs is 1. The number of rotatable bonds is 3. The Morgan fingerprint density at radius 1 is 1.35 bits per heavy atom. The van der Waals surface area contributed by atoms with Gasteiger partial charge in [-0.2, -0.15) is 0 Å². The van der Waals surface area contributed by atoms with Gasteiger partial charge in [-0.25, -0.2) is 0 Å². The summed E-state index contributed by atoms with van der Waals surface area (Å²) in [5.41, 5.74) is 0.797. The summed E-state index contributed by atoms with van der Waals surface area (Å²) in [4.78, 5) is 12.2. The lowest BCUT2D eigenvalue weighted by Gasteiger charge is -2.12. The summed E-state index contributed by atoms with van der Waals surface area (Å²) < 4.78 is 5.42. The molecule has 2 aromatic rings. The van der Waals surface area contributed by atoms with Crippen molar-refractivity contribution < 1.29 is 14.8 Å². The standard InChI is InChI=1S/C16H18N2O2/c1-20-15-10-12(9-11-5-2-3-6-13(11)15)18-16(19)14-7-4-8-17-14/h2-3,5-6,9-10,14,17H,4,7-8H2,1H3,(H,18,19)/p+1/t14-/m0/s1. The molecule has 4 nitrogen and oxygen atoms in total. The van der Waals surface area contributed by atoms with E-state index in [-0.39, 0.29) is 11.9 Å². The number of ether oxygens (including phenoxy) is 1. The van der Waals surface area contributed by atoms with Crippen LogP contribution in [0.5, 0.6) is 5.75 Å². The second kappa shape index (κ2) is 5.51. The topological polar surface area (TPSA) is 54.9 Å². The molecule has 1 atom stereocenters. The van der Waals surface area contributed by atoms with Crippen molar-refractivity contribution in [2.45, 2.75) is 18.9 Å². The fourth-order valence-corrected chi connectivity index (χ4v) is 2.76. The maximum atomic E-state index is 12.2. The van der Waals surface area contributed by atoms with E-state index in [2.05, 4.69) is 10.6 Å². The molecule has 1 amide bonds. The largest absolute Gasteiger partial charge is 0.496 e. The van der Waals surface area contributed by atoms with E-state index in [0.717, 1.165) is 41.6 Å². The van der Waals surface area contributed by atoms with Gasteiger partial charge in [0, 0.05) is 30.0 Å². The van der Waals surface area contributed by atoms with E-state index in [1.807, 2.05) is 36.4 Å². The lowest BCUT2D eigenvalue weighted by molar-refractivity contribution is -0.656. The molecule has 0 aliphatic carbocycles. The summed E-state index contributed by atoms with van der Waals surface area (Å²) in [6.45, 7) is 1.04. The van der Waals surface area contributed by atoms with Gasteiger partial charge in [-0.3, -0.25) is 4.79 Å². The van der Waals surface area contributed by atoms with Gasteiger partial charge in [-0.15, -0.1) is 0 Å². The first kappa shape index (κ1) is 12.9. The van der Waals surface area contributed by atoms with Gasteiger partial charge in [0.15, 0.2) is 6.04 Å². The summed E-state index contributed by atoms with van der Waals surface area (Å²) in [7, 11) is 1.65. The summed E-state index contributed by atoms with van der Waals surface area (Å²) in [5.74, 6) is 0.869. The van der Waals surface area contributed by atoms with Crippen molar-refractivity contribution in [3.8, 4) is 5.75 Å². The van der Waals surface area contributed by atoms with Gasteiger partial charge in [0.1, 0.15) is 5.75 Å². The van der Waals surface area contributed by atoms with Crippen molar-refractivity contribution in [2.24, 2.45) is 0 Å². The van der Waals surface area contributed by atoms with Crippen molar-refractivity contribution in [3.63, 3.8) is 0 Å². The third-order valence-corrected chi connectivity index (χ3v) is 3.82. The quantitative estimate of drug-likeness (QED) is 0.889. The summed E-state index contributed by atoms with van der Waals surface area (Å²) in [6.07, 6.45) is 2.07. The van der Waals surface area contributed by atoms with Gasteiger partial charge in [0.2, 0.25) is 0 Å². The molecule has 1 aliphatic heterocycles. The van der Waals surface area contributed by atoms with Crippen LogP contribution >= 0.6 is 0 Å². The Balaban J connectivity index is 1.89. The van der Waals surface area contributed by atoms with Gasteiger partial charge < -0.3 is 15.4 Å². The number of amides is 1. The molecule has 104 valence electrons. The number of hydrogen-bond donors (Lipinski definition) is 2. The molecule has 0 spiro atoms. The number of hydrogen-bond acceptors (Lipinski definition) is 2. The molecule has 1 saturated heterocycles. The number of anilines is 1. The average molecular weight is 271 g/mol. The molecular weight excluding hydrogens is 252 g/mol. The molecule has 2 aromatic carbocycles. The second-order valence-corrected chi connectivity index (χ2v) is 5.16. The fraction of sp³-hybridized carbons (Fsp3) is 0.312. The molecule has 4 heteroatoms. The van der Waals surface area contributed by atoms with E-state index < -0.39 is 0 Å². The highest BCUT2D eigenvalue weighted by Gasteiger charge is 2.26. The first-order valence-corrected chi connectivity index (χ1v) is 6.99. The smallest absolute Gasteiger partial charge is 0.282 e. The van der Waals surface area contributed by atoms with Crippen LogP contribution < -0.4 is 15.4 Å². The minimum atomic E-state index is 0.0486. The van der Waals surface area contributed by atoms with Crippen LogP contribution in [0.1, 0.15) is 12.8 Å². The Morgan fingerprint density at radius 3 is 2.95 bits per heavy atom. The average Bonchev–Trinajstić information content (AvgIpc) is 3.00. The highest BCUT2D eigenvalue weighted by atomic mass is 16.5. The highest BCUT2D eigenvalue weighted by molar-refractivity contribution is 5.98. The number of nitrogens with two attached hydrogens (primary N) is 1. The van der Waals surface area contributed by atoms with Crippen LogP contribution in [0.2, 0.25) is 0 Å². The molecule has 20 heavy (non-hydrogen) atoms. The van der Waals surface area contributed by atoms with Gasteiger partial charge in [-0.1, -0.05) is 24.3 Å². The van der Waals surface area contributed by atoms with Gasteiger partial charge >= 0.3 is 0 Å². The van der Waals surface area contributed by atoms with E-state index in [0.29, 0.717) is 0 Å². The maximum absolute atomic E-state index is 12.2. The van der Waals surface area contributed by atoms with E-state index in [9.17, 15) is 4.79 Å². The molecule has 0 bridgehead atoms. The zero-order chi connectivity index (χ0) is 13.9. The normalized spacial score (nSPS) is 18.1. The zero-order valence-electron chi connectivity index (χ0n) is 11.6. The Labute approximate surface area is 118 Å². The Kier molecular flexibility index (Phi) is 3.56. The number of quaternary nitrogens is 1. The number of nitrogens with one attached hydrogen (secondary N) is 1. The zero-order valence-corrected chi connectivity index (χ0v) is 11.6. The minimum Gasteiger partial charge on any atom is -0.496 e. The second-order valence-electron chi connectivity index (χ2n) is 5.16. The summed E-state index contributed by atoms with van der Waals surface area (Å²) in [6, 6.07) is 11.9. The molecule has 1 aliphatic rings. The Morgan fingerprint density at radius 2 is 2.20 bits per heavy atom. The van der Waals surface area contributed by atoms with E-state index in [1.165, 1.54) is 0 Å². The third kappa shape index (κ3) is 2.47. The molecule has 1 heterocycles. The van der Waals surface area contributed by atoms with E-state index in [1.54, 1.807) is 7.11 Å². The predicted octanol–water partition coefficient (Wildman–Crippen LogP) is 1.51. The Bertz CT molecular complexity index is 633. The molecule has 3 N–H and O–H groups in total. The SMILES string of the molecule is COc1cc(NC(=O)[C@@H]2CCC[NH2+]2)cc2ccccc12. The van der Waals surface area contributed by atoms with Crippen LogP contribution in [0.4, 0.5) is 5.69 Å². The lowest BCUT2D eigenvalue weighted by Crippen LogP contribution is -2.88. The molecule has 0 radical (unpaired) electrons. The van der Waals surface area contributed by atoms with Crippen LogP contribution in [-0.4, -0.2) is 25.6 Å². The van der Waals surface area contributed by atoms with Crippen LogP contribution in [0.3, 0.4) is 0 Å². The molecular formula is C16H19N2O2+. The predicted molar refractivity (Wildman–Crippen MR) is 78.9 cm³/mol. The summed E-state index contributed by atoms with van der Waals surface area (Å²) in [5, 5.41) is 7.23. The molecule has 1 fully saturated rings. The number of carbonyl (C=O) groups excluding carboxylic acids is 1. The number of methoxy groups -OCH3 is 1. The van der Waals surface area contributed by atoms with Crippen molar-refractivity contribution in [3.05, 3.63) is 36.4 Å². The van der Waals surface area contributed by atoms with Gasteiger partial charge in [0.25, 0.3) is 5.91 Å². The van der Waals surface area contributed by atoms with Crippen molar-refractivity contribution in [1.82, 2.24) is 0 Å². The lowest BCUT2D eigenvalue weighted by atomic mass is 10.1. The summed E-state index contributed by atoms with van der Waals surface area (Å²) >= 11 is 0. The monoisotopic (exact) mass is 271 g/mol. The van der Waals surface area contributed by atoms with Crippen LogP contribution in [0.15, 0.2) is 36.4 Å². The van der Waals surface area contributed by atoms with Gasteiger partial charge in [0.05, 0.1) is 13.7 Å². The Hall–Kier alpha value is -2.07. The van der Waals surface area contributed by atoms with Crippen LogP contribution in [-0.2, 0) is 4.79 Å². The van der Waals surface area contributed by atoms with Crippen LogP contribution in [0, 0.1) is 0 Å². The molecule has 3 rings (SSSR count). The first-order chi connectivity index (χ1) is 9.78. The number of carbonyl (C=O) groups is 1. The molecule has 0 saturated carbocycles. The number of benzene rings is 2.